The smallest absolute Gasteiger partial charge is 0.172 e. The highest BCUT2D eigenvalue weighted by molar-refractivity contribution is 5.90. The molecule has 0 saturated heterocycles. The Balaban J connectivity index is 2.58. The van der Waals surface area contributed by atoms with E-state index in [9.17, 15) is 9.90 Å². The maximum absolute atomic E-state index is 12.4. The van der Waals surface area contributed by atoms with Gasteiger partial charge >= 0.3 is 0 Å². The predicted octanol–water partition coefficient (Wildman–Crippen LogP) is 4.77. The zero-order valence-electron chi connectivity index (χ0n) is 13.3. The summed E-state index contributed by atoms with van der Waals surface area (Å²) in [5, 5.41) is 10.8. The van der Waals surface area contributed by atoms with Gasteiger partial charge in [0.25, 0.3) is 0 Å². The average molecular weight is 288 g/mol. The second kappa shape index (κ2) is 9.51. The Morgan fingerprint density at radius 1 is 1.10 bits per heavy atom. The van der Waals surface area contributed by atoms with Crippen LogP contribution in [-0.2, 0) is 10.4 Å². The first-order chi connectivity index (χ1) is 10.1. The number of benzene rings is 1. The molecule has 2 heteroatoms. The largest absolute Gasteiger partial charge is 0.374 e. The molecule has 0 aromatic heterocycles. The maximum atomic E-state index is 12.4. The van der Waals surface area contributed by atoms with E-state index in [1.54, 1.807) is 24.3 Å². The molecule has 0 aliphatic carbocycles. The number of carbonyl (C=O) groups is 1. The predicted molar refractivity (Wildman–Crippen MR) is 88.2 cm³/mol. The topological polar surface area (TPSA) is 37.3 Å². The number of Topliss-reactive ketones (excluding diaryl/α,β-unsaturated/α-hetero) is 1. The van der Waals surface area contributed by atoms with E-state index in [1.807, 2.05) is 25.1 Å². The Kier molecular flexibility index (Phi) is 7.99. The summed E-state index contributed by atoms with van der Waals surface area (Å²) in [6.45, 7) is 4.02. The molecular weight excluding hydrogens is 260 g/mol. The van der Waals surface area contributed by atoms with Crippen LogP contribution in [0.25, 0.3) is 0 Å². The van der Waals surface area contributed by atoms with E-state index in [0.29, 0.717) is 12.0 Å². The molecule has 0 amide bonds. The van der Waals surface area contributed by atoms with Gasteiger partial charge in [-0.1, -0.05) is 75.4 Å². The van der Waals surface area contributed by atoms with Gasteiger partial charge in [0, 0.05) is 6.42 Å². The zero-order chi connectivity index (χ0) is 15.6. The molecule has 1 aromatic rings. The van der Waals surface area contributed by atoms with E-state index in [2.05, 4.69) is 6.92 Å². The highest BCUT2D eigenvalue weighted by Gasteiger charge is 2.33. The summed E-state index contributed by atoms with van der Waals surface area (Å²) >= 11 is 0. The van der Waals surface area contributed by atoms with Gasteiger partial charge in [-0.05, 0) is 25.0 Å². The molecule has 1 unspecified atom stereocenters. The van der Waals surface area contributed by atoms with Crippen LogP contribution in [0.3, 0.4) is 0 Å². The Morgan fingerprint density at radius 2 is 1.71 bits per heavy atom. The number of hydrogen-bond acceptors (Lipinski definition) is 2. The van der Waals surface area contributed by atoms with E-state index in [1.165, 1.54) is 25.7 Å². The minimum absolute atomic E-state index is 0.109. The highest BCUT2D eigenvalue weighted by Crippen LogP contribution is 2.26. The van der Waals surface area contributed by atoms with Crippen LogP contribution in [0.1, 0.15) is 64.4 Å². The number of unbranched alkanes of at least 4 members (excludes halogenated alkanes) is 5. The monoisotopic (exact) mass is 288 g/mol. The molecule has 2 nitrogen and oxygen atoms in total. The molecule has 1 aromatic carbocycles. The molecule has 0 spiro atoms. The first kappa shape index (κ1) is 17.6. The fourth-order valence-electron chi connectivity index (χ4n) is 2.54. The molecule has 1 atom stereocenters. The van der Waals surface area contributed by atoms with Crippen LogP contribution < -0.4 is 0 Å². The standard InChI is InChI=1S/C19H28O2/c1-3-5-6-7-8-12-15-18(20)19(21,16-4-2)17-13-10-9-11-14-17/h4,9-11,13-14,16,21H,3,5-8,12,15H2,1-2H3/b16-4+. The first-order valence-electron chi connectivity index (χ1n) is 8.10. The summed E-state index contributed by atoms with van der Waals surface area (Å²) in [6, 6.07) is 9.19. The van der Waals surface area contributed by atoms with Crippen molar-refractivity contribution in [3.05, 3.63) is 48.0 Å². The Morgan fingerprint density at radius 3 is 2.33 bits per heavy atom. The second-order valence-electron chi connectivity index (χ2n) is 5.57. The fraction of sp³-hybridized carbons (Fsp3) is 0.526. The van der Waals surface area contributed by atoms with Crippen molar-refractivity contribution in [1.82, 2.24) is 0 Å². The Hall–Kier alpha value is -1.41. The highest BCUT2D eigenvalue weighted by atomic mass is 16.3. The lowest BCUT2D eigenvalue weighted by Crippen LogP contribution is -2.33. The second-order valence-corrected chi connectivity index (χ2v) is 5.57. The molecule has 0 heterocycles. The van der Waals surface area contributed by atoms with Gasteiger partial charge in [-0.15, -0.1) is 0 Å². The van der Waals surface area contributed by atoms with Crippen molar-refractivity contribution in [2.24, 2.45) is 0 Å². The van der Waals surface area contributed by atoms with E-state index in [0.717, 1.165) is 12.8 Å². The van der Waals surface area contributed by atoms with Crippen LogP contribution in [0, 0.1) is 0 Å². The number of rotatable bonds is 10. The molecule has 0 bridgehead atoms. The summed E-state index contributed by atoms with van der Waals surface area (Å²) in [7, 11) is 0. The van der Waals surface area contributed by atoms with Crippen LogP contribution in [-0.4, -0.2) is 10.9 Å². The average Bonchev–Trinajstić information content (AvgIpc) is 2.51. The zero-order valence-corrected chi connectivity index (χ0v) is 13.3. The van der Waals surface area contributed by atoms with Crippen LogP contribution in [0.4, 0.5) is 0 Å². The number of carbonyl (C=O) groups excluding carboxylic acids is 1. The van der Waals surface area contributed by atoms with Crippen LogP contribution in [0.15, 0.2) is 42.5 Å². The molecule has 0 aliphatic heterocycles. The number of aliphatic hydroxyl groups is 1. The summed E-state index contributed by atoms with van der Waals surface area (Å²) < 4.78 is 0. The van der Waals surface area contributed by atoms with Gasteiger partial charge in [-0.3, -0.25) is 4.79 Å². The summed E-state index contributed by atoms with van der Waals surface area (Å²) in [6.07, 6.45) is 10.6. The number of hydrogen-bond donors (Lipinski definition) is 1. The van der Waals surface area contributed by atoms with Crippen LogP contribution in [0.5, 0.6) is 0 Å². The van der Waals surface area contributed by atoms with Gasteiger partial charge in [0.2, 0.25) is 0 Å². The van der Waals surface area contributed by atoms with Gasteiger partial charge in [-0.25, -0.2) is 0 Å². The minimum atomic E-state index is -1.47. The van der Waals surface area contributed by atoms with Crippen LogP contribution >= 0.6 is 0 Å². The molecule has 0 fully saturated rings. The van der Waals surface area contributed by atoms with Crippen molar-refractivity contribution in [2.45, 2.75) is 64.4 Å². The van der Waals surface area contributed by atoms with E-state index >= 15 is 0 Å². The summed E-state index contributed by atoms with van der Waals surface area (Å²) in [4.78, 5) is 12.4. The number of ketones is 1. The Labute approximate surface area is 128 Å². The quantitative estimate of drug-likeness (QED) is 0.497. The molecule has 0 aliphatic rings. The minimum Gasteiger partial charge on any atom is -0.374 e. The van der Waals surface area contributed by atoms with E-state index < -0.39 is 5.60 Å². The third kappa shape index (κ3) is 5.47. The SMILES string of the molecule is C/C=C/C(O)(C(=O)CCCCCCCC)c1ccccc1. The van der Waals surface area contributed by atoms with Crippen molar-refractivity contribution in [3.63, 3.8) is 0 Å². The maximum Gasteiger partial charge on any atom is 0.172 e. The first-order valence-corrected chi connectivity index (χ1v) is 8.10. The molecule has 0 radical (unpaired) electrons. The number of allylic oxidation sites excluding steroid dienone is 1. The molecule has 1 N–H and O–H groups in total. The van der Waals surface area contributed by atoms with E-state index in [-0.39, 0.29) is 5.78 Å². The van der Waals surface area contributed by atoms with E-state index in [4.69, 9.17) is 0 Å². The lowest BCUT2D eigenvalue weighted by molar-refractivity contribution is -0.133. The van der Waals surface area contributed by atoms with Gasteiger partial charge in [0.15, 0.2) is 11.4 Å². The molecule has 21 heavy (non-hydrogen) atoms. The summed E-state index contributed by atoms with van der Waals surface area (Å²) in [5.74, 6) is -0.109. The van der Waals surface area contributed by atoms with Crippen molar-refractivity contribution in [1.29, 1.82) is 0 Å². The van der Waals surface area contributed by atoms with Crippen molar-refractivity contribution in [3.8, 4) is 0 Å². The molecule has 0 saturated carbocycles. The van der Waals surface area contributed by atoms with Gasteiger partial charge in [0.1, 0.15) is 0 Å². The third-order valence-electron chi connectivity index (χ3n) is 3.80. The normalized spacial score (nSPS) is 14.2. The molecule has 1 rings (SSSR count). The summed E-state index contributed by atoms with van der Waals surface area (Å²) in [5.41, 5.74) is -0.821. The lowest BCUT2D eigenvalue weighted by atomic mass is 9.86. The lowest BCUT2D eigenvalue weighted by Gasteiger charge is -2.23. The van der Waals surface area contributed by atoms with Crippen LogP contribution in [0.2, 0.25) is 0 Å². The van der Waals surface area contributed by atoms with Crippen molar-refractivity contribution in [2.75, 3.05) is 0 Å². The fourth-order valence-corrected chi connectivity index (χ4v) is 2.54. The third-order valence-corrected chi connectivity index (χ3v) is 3.80. The molecular formula is C19H28O2. The Bertz CT molecular complexity index is 436. The van der Waals surface area contributed by atoms with Gasteiger partial charge < -0.3 is 5.11 Å². The van der Waals surface area contributed by atoms with Gasteiger partial charge in [0.05, 0.1) is 0 Å². The van der Waals surface area contributed by atoms with Gasteiger partial charge in [-0.2, -0.15) is 0 Å². The van der Waals surface area contributed by atoms with Crippen molar-refractivity contribution >= 4 is 5.78 Å². The molecule has 116 valence electrons. The van der Waals surface area contributed by atoms with Crippen molar-refractivity contribution < 1.29 is 9.90 Å².